The molecule has 158 valence electrons. The summed E-state index contributed by atoms with van der Waals surface area (Å²) in [6.07, 6.45) is 3.25. The molecule has 0 N–H and O–H groups in total. The topological polar surface area (TPSA) is 66.9 Å². The van der Waals surface area contributed by atoms with Crippen LogP contribution in [0.4, 0.5) is 0 Å². The highest BCUT2D eigenvalue weighted by Crippen LogP contribution is 2.48. The van der Waals surface area contributed by atoms with Gasteiger partial charge in [-0.15, -0.1) is 22.7 Å². The van der Waals surface area contributed by atoms with Crippen molar-refractivity contribution in [2.45, 2.75) is 0 Å². The van der Waals surface area contributed by atoms with Crippen LogP contribution in [0, 0.1) is 0 Å². The summed E-state index contributed by atoms with van der Waals surface area (Å²) in [5.41, 5.74) is 2.19. The molecule has 0 spiro atoms. The molecule has 0 unspecified atom stereocenters. The predicted octanol–water partition coefficient (Wildman–Crippen LogP) is 5.40. The fraction of sp³-hybridized carbons (Fsp3) is 0.0833. The maximum absolute atomic E-state index is 13.3. The monoisotopic (exact) mass is 460 g/mol. The summed E-state index contributed by atoms with van der Waals surface area (Å²) in [6.45, 7) is 0. The lowest BCUT2D eigenvalue weighted by Gasteiger charge is -2.18. The Morgan fingerprint density at radius 3 is 1.41 bits per heavy atom. The second kappa shape index (κ2) is 6.94. The molecule has 2 aliphatic heterocycles. The summed E-state index contributed by atoms with van der Waals surface area (Å²) in [6, 6.07) is 15.2. The van der Waals surface area contributed by atoms with Gasteiger partial charge in [-0.2, -0.15) is 0 Å². The molecular formula is C24H16N2O4S2. The first-order valence-corrected chi connectivity index (χ1v) is 11.5. The lowest BCUT2D eigenvalue weighted by atomic mass is 10.1. The van der Waals surface area contributed by atoms with E-state index in [-0.39, 0.29) is 11.8 Å². The number of furan rings is 2. The third-order valence-corrected chi connectivity index (χ3v) is 7.85. The van der Waals surface area contributed by atoms with Crippen LogP contribution in [0.5, 0.6) is 0 Å². The molecule has 6 heterocycles. The third-order valence-electron chi connectivity index (χ3n) is 5.64. The van der Waals surface area contributed by atoms with Crippen molar-refractivity contribution in [3.8, 4) is 21.3 Å². The minimum Gasteiger partial charge on any atom is -0.464 e. The lowest BCUT2D eigenvalue weighted by Crippen LogP contribution is -2.24. The fourth-order valence-corrected chi connectivity index (χ4v) is 6.26. The van der Waals surface area contributed by atoms with Gasteiger partial charge in [0.1, 0.15) is 11.5 Å². The molecule has 8 heteroatoms. The Balaban J connectivity index is 1.50. The molecule has 4 aromatic rings. The molecule has 6 rings (SSSR count). The molecule has 0 radical (unpaired) electrons. The molecule has 0 aliphatic carbocycles. The summed E-state index contributed by atoms with van der Waals surface area (Å²) in [5, 5.41) is 0. The molecule has 0 saturated heterocycles. The number of carbonyl (C=O) groups is 2. The fourth-order valence-electron chi connectivity index (χ4n) is 4.14. The Morgan fingerprint density at radius 1 is 0.625 bits per heavy atom. The smallest absolute Gasteiger partial charge is 0.261 e. The molecule has 2 aliphatic rings. The van der Waals surface area contributed by atoms with E-state index in [1.165, 1.54) is 22.7 Å². The van der Waals surface area contributed by atoms with E-state index < -0.39 is 0 Å². The number of thiophene rings is 2. The van der Waals surface area contributed by atoms with Gasteiger partial charge in [-0.05, 0) is 48.5 Å². The lowest BCUT2D eigenvalue weighted by molar-refractivity contribution is -0.123. The average molecular weight is 461 g/mol. The van der Waals surface area contributed by atoms with E-state index in [4.69, 9.17) is 8.83 Å². The van der Waals surface area contributed by atoms with Crippen molar-refractivity contribution in [2.75, 3.05) is 14.1 Å². The second-order valence-corrected chi connectivity index (χ2v) is 9.63. The standard InChI is InChI=1S/C24H16N2O4S2/c1-25-21(17-9-7-15(31-17)13-5-3-11-29-13)19-20(23(25)27)22(26(2)24(19)28)18-10-8-16(32-18)14-6-4-12-30-14/h3-12H,1-2H3. The van der Waals surface area contributed by atoms with Crippen molar-refractivity contribution in [3.05, 3.63) is 82.0 Å². The molecular weight excluding hydrogens is 444 g/mol. The Kier molecular flexibility index (Phi) is 4.14. The van der Waals surface area contributed by atoms with Gasteiger partial charge < -0.3 is 18.6 Å². The highest BCUT2D eigenvalue weighted by molar-refractivity contribution is 7.17. The Bertz CT molecular complexity index is 1320. The van der Waals surface area contributed by atoms with Gasteiger partial charge in [0.05, 0.1) is 54.6 Å². The average Bonchev–Trinajstić information content (AvgIpc) is 3.59. The predicted molar refractivity (Wildman–Crippen MR) is 123 cm³/mol. The normalized spacial score (nSPS) is 16.2. The van der Waals surface area contributed by atoms with Gasteiger partial charge in [-0.25, -0.2) is 0 Å². The zero-order valence-electron chi connectivity index (χ0n) is 17.1. The van der Waals surface area contributed by atoms with E-state index in [0.717, 1.165) is 31.0 Å². The number of hydrogen-bond acceptors (Lipinski definition) is 6. The summed E-state index contributed by atoms with van der Waals surface area (Å²) in [7, 11) is 3.44. The van der Waals surface area contributed by atoms with Gasteiger partial charge in [0.25, 0.3) is 11.8 Å². The molecule has 4 aromatic heterocycles. The van der Waals surface area contributed by atoms with Crippen LogP contribution in [0.2, 0.25) is 0 Å². The molecule has 0 bridgehead atoms. The first-order chi connectivity index (χ1) is 15.5. The molecule has 6 nitrogen and oxygen atoms in total. The van der Waals surface area contributed by atoms with Crippen molar-refractivity contribution >= 4 is 45.9 Å². The van der Waals surface area contributed by atoms with Crippen LogP contribution >= 0.6 is 22.7 Å². The van der Waals surface area contributed by atoms with Crippen molar-refractivity contribution in [1.29, 1.82) is 0 Å². The van der Waals surface area contributed by atoms with E-state index in [2.05, 4.69) is 0 Å². The van der Waals surface area contributed by atoms with Crippen molar-refractivity contribution < 1.29 is 18.4 Å². The largest absolute Gasteiger partial charge is 0.464 e. The minimum atomic E-state index is -0.177. The van der Waals surface area contributed by atoms with Crippen LogP contribution in [-0.2, 0) is 9.59 Å². The summed E-state index contributed by atoms with van der Waals surface area (Å²) >= 11 is 2.99. The van der Waals surface area contributed by atoms with Crippen molar-refractivity contribution in [2.24, 2.45) is 0 Å². The molecule has 0 fully saturated rings. The van der Waals surface area contributed by atoms with Crippen LogP contribution in [0.15, 0.2) is 81.0 Å². The van der Waals surface area contributed by atoms with Gasteiger partial charge in [0.15, 0.2) is 0 Å². The Labute approximate surface area is 191 Å². The van der Waals surface area contributed by atoms with Gasteiger partial charge in [0, 0.05) is 14.1 Å². The maximum atomic E-state index is 13.3. The quantitative estimate of drug-likeness (QED) is 0.409. The van der Waals surface area contributed by atoms with Crippen molar-refractivity contribution in [1.82, 2.24) is 9.80 Å². The zero-order chi connectivity index (χ0) is 22.0. The highest BCUT2D eigenvalue weighted by Gasteiger charge is 2.47. The third kappa shape index (κ3) is 2.63. The number of amides is 2. The molecule has 0 atom stereocenters. The number of hydrogen-bond donors (Lipinski definition) is 0. The van der Waals surface area contributed by atoms with Gasteiger partial charge in [-0.1, -0.05) is 0 Å². The SMILES string of the molecule is CN1C(=O)C2=C(c3ccc(-c4ccco4)s3)N(C)C(=O)C2=C1c1ccc(-c2ccco2)s1. The number of nitrogens with zero attached hydrogens (tertiary/aromatic N) is 2. The van der Waals surface area contributed by atoms with E-state index in [0.29, 0.717) is 22.5 Å². The molecule has 0 aromatic carbocycles. The number of carbonyl (C=O) groups excluding carboxylic acids is 2. The zero-order valence-corrected chi connectivity index (χ0v) is 18.8. The number of rotatable bonds is 4. The summed E-state index contributed by atoms with van der Waals surface area (Å²) in [4.78, 5) is 33.4. The van der Waals surface area contributed by atoms with Gasteiger partial charge in [-0.3, -0.25) is 9.59 Å². The Hall–Kier alpha value is -3.62. The Morgan fingerprint density at radius 2 is 1.03 bits per heavy atom. The van der Waals surface area contributed by atoms with E-state index in [1.807, 2.05) is 48.5 Å². The second-order valence-electron chi connectivity index (χ2n) is 7.46. The van der Waals surface area contributed by atoms with Crippen LogP contribution in [0.3, 0.4) is 0 Å². The molecule has 32 heavy (non-hydrogen) atoms. The van der Waals surface area contributed by atoms with Crippen LogP contribution < -0.4 is 0 Å². The molecule has 0 saturated carbocycles. The van der Waals surface area contributed by atoms with E-state index in [9.17, 15) is 9.59 Å². The van der Waals surface area contributed by atoms with E-state index >= 15 is 0 Å². The number of fused-ring (bicyclic) bond motifs is 1. The van der Waals surface area contributed by atoms with Crippen LogP contribution in [0.1, 0.15) is 9.75 Å². The summed E-state index contributed by atoms with van der Waals surface area (Å²) in [5.74, 6) is 1.16. The van der Waals surface area contributed by atoms with Gasteiger partial charge >= 0.3 is 0 Å². The van der Waals surface area contributed by atoms with Crippen molar-refractivity contribution in [3.63, 3.8) is 0 Å². The first-order valence-electron chi connectivity index (χ1n) is 9.88. The number of likely N-dealkylation sites (N-methyl/N-ethyl adjacent to an activating group) is 2. The highest BCUT2D eigenvalue weighted by atomic mass is 32.1. The van der Waals surface area contributed by atoms with Crippen LogP contribution in [0.25, 0.3) is 32.7 Å². The van der Waals surface area contributed by atoms with E-state index in [1.54, 1.807) is 36.4 Å². The van der Waals surface area contributed by atoms with Crippen LogP contribution in [-0.4, -0.2) is 35.7 Å². The first kappa shape index (κ1) is 19.1. The minimum absolute atomic E-state index is 0.177. The summed E-state index contributed by atoms with van der Waals surface area (Å²) < 4.78 is 11.0. The maximum Gasteiger partial charge on any atom is 0.261 e. The molecule has 2 amide bonds. The van der Waals surface area contributed by atoms with Gasteiger partial charge in [0.2, 0.25) is 0 Å².